The van der Waals surface area contributed by atoms with Crippen LogP contribution in [0.1, 0.15) is 26.3 Å². The smallest absolute Gasteiger partial charge is 0.103 e. The lowest BCUT2D eigenvalue weighted by molar-refractivity contribution is 0.263. The van der Waals surface area contributed by atoms with E-state index in [2.05, 4.69) is 74.2 Å². The molecule has 0 amide bonds. The Kier molecular flexibility index (Phi) is 2.90. The van der Waals surface area contributed by atoms with Gasteiger partial charge in [-0.1, -0.05) is 18.2 Å². The van der Waals surface area contributed by atoms with Crippen molar-refractivity contribution in [2.75, 3.05) is 4.90 Å². The van der Waals surface area contributed by atoms with Gasteiger partial charge in [0.15, 0.2) is 0 Å². The Hall–Kier alpha value is -1.44. The highest BCUT2D eigenvalue weighted by molar-refractivity contribution is 5.56. The van der Waals surface area contributed by atoms with Crippen molar-refractivity contribution in [3.8, 4) is 0 Å². The van der Waals surface area contributed by atoms with E-state index in [9.17, 15) is 0 Å². The van der Waals surface area contributed by atoms with E-state index in [1.54, 1.807) is 0 Å². The van der Waals surface area contributed by atoms with Crippen molar-refractivity contribution in [1.29, 1.82) is 0 Å². The largest absolute Gasteiger partial charge is 0.353 e. The average molecular weight is 216 g/mol. The topological polar surface area (TPSA) is 6.48 Å². The molecule has 0 saturated heterocycles. The van der Waals surface area contributed by atoms with E-state index in [0.29, 0.717) is 12.2 Å². The molecular weight excluding hydrogens is 196 g/mol. The lowest BCUT2D eigenvalue weighted by atomic mass is 10.2. The van der Waals surface area contributed by atoms with E-state index in [1.165, 1.54) is 11.3 Å². The highest BCUT2D eigenvalue weighted by Gasteiger charge is 2.25. The van der Waals surface area contributed by atoms with Gasteiger partial charge in [-0.25, -0.2) is 0 Å². The van der Waals surface area contributed by atoms with Crippen molar-refractivity contribution in [3.63, 3.8) is 0 Å². The van der Waals surface area contributed by atoms with Crippen molar-refractivity contribution in [2.45, 2.75) is 39.9 Å². The molecule has 1 aromatic carbocycles. The zero-order chi connectivity index (χ0) is 11.7. The van der Waals surface area contributed by atoms with Crippen molar-refractivity contribution >= 4 is 5.69 Å². The number of benzene rings is 1. The zero-order valence-corrected chi connectivity index (χ0v) is 10.5. The lowest BCUT2D eigenvalue weighted by Gasteiger charge is -2.33. The number of hydrogen-bond acceptors (Lipinski definition) is 2. The first-order chi connectivity index (χ1) is 7.61. The summed E-state index contributed by atoms with van der Waals surface area (Å²) in [4.78, 5) is 4.70. The third-order valence-corrected chi connectivity index (χ3v) is 3.22. The molecule has 0 aliphatic carbocycles. The molecular formula is C14H20N2. The van der Waals surface area contributed by atoms with Crippen LogP contribution in [0.5, 0.6) is 0 Å². The zero-order valence-electron chi connectivity index (χ0n) is 10.5. The Morgan fingerprint density at radius 3 is 2.38 bits per heavy atom. The Morgan fingerprint density at radius 2 is 1.81 bits per heavy atom. The predicted octanol–water partition coefficient (Wildman–Crippen LogP) is 3.34. The third kappa shape index (κ3) is 1.80. The number of rotatable bonds is 2. The summed E-state index contributed by atoms with van der Waals surface area (Å²) in [6, 6.07) is 9.07. The minimum Gasteiger partial charge on any atom is -0.353 e. The summed E-state index contributed by atoms with van der Waals surface area (Å²) in [5.41, 5.74) is 2.62. The summed E-state index contributed by atoms with van der Waals surface area (Å²) < 4.78 is 0. The molecule has 0 spiro atoms. The Labute approximate surface area is 98.2 Å². The van der Waals surface area contributed by atoms with E-state index in [-0.39, 0.29) is 0 Å². The van der Waals surface area contributed by atoms with Crippen LogP contribution in [0.3, 0.4) is 0 Å². The van der Waals surface area contributed by atoms with Crippen LogP contribution in [-0.2, 0) is 0 Å². The number of anilines is 1. The number of hydrogen-bond donors (Lipinski definition) is 0. The number of nitrogens with zero attached hydrogens (tertiary/aromatic N) is 2. The van der Waals surface area contributed by atoms with Gasteiger partial charge in [0.1, 0.15) is 6.17 Å². The second-order valence-corrected chi connectivity index (χ2v) is 4.66. The van der Waals surface area contributed by atoms with E-state index < -0.39 is 0 Å². The first kappa shape index (κ1) is 11.1. The minimum absolute atomic E-state index is 0.404. The number of aryl methyl sites for hydroxylation is 1. The van der Waals surface area contributed by atoms with Gasteiger partial charge in [0, 0.05) is 24.1 Å². The Bertz CT molecular complexity index is 395. The monoisotopic (exact) mass is 216 g/mol. The highest BCUT2D eigenvalue weighted by Crippen LogP contribution is 2.28. The van der Waals surface area contributed by atoms with Crippen LogP contribution < -0.4 is 4.90 Å². The van der Waals surface area contributed by atoms with E-state index in [0.717, 1.165) is 0 Å². The summed E-state index contributed by atoms with van der Waals surface area (Å²) in [6.07, 6.45) is 4.76. The molecule has 2 nitrogen and oxygen atoms in total. The van der Waals surface area contributed by atoms with Gasteiger partial charge >= 0.3 is 0 Å². The molecule has 0 radical (unpaired) electrons. The summed E-state index contributed by atoms with van der Waals surface area (Å²) in [7, 11) is 0. The molecule has 2 rings (SSSR count). The van der Waals surface area contributed by atoms with Crippen LogP contribution in [0.15, 0.2) is 36.7 Å². The summed E-state index contributed by atoms with van der Waals surface area (Å²) in [6.45, 7) is 8.85. The van der Waals surface area contributed by atoms with Crippen molar-refractivity contribution in [1.82, 2.24) is 4.90 Å². The fourth-order valence-electron chi connectivity index (χ4n) is 2.28. The molecule has 1 heterocycles. The second-order valence-electron chi connectivity index (χ2n) is 4.66. The minimum atomic E-state index is 0.404. The van der Waals surface area contributed by atoms with Crippen molar-refractivity contribution in [2.24, 2.45) is 0 Å². The summed E-state index contributed by atoms with van der Waals surface area (Å²) >= 11 is 0. The third-order valence-electron chi connectivity index (χ3n) is 3.22. The van der Waals surface area contributed by atoms with Crippen LogP contribution in [0.2, 0.25) is 0 Å². The van der Waals surface area contributed by atoms with Gasteiger partial charge in [-0.2, -0.15) is 0 Å². The molecule has 0 unspecified atom stereocenters. The van der Waals surface area contributed by atoms with Gasteiger partial charge in [0.25, 0.3) is 0 Å². The first-order valence-electron chi connectivity index (χ1n) is 5.91. The molecule has 0 N–H and O–H groups in total. The highest BCUT2D eigenvalue weighted by atomic mass is 15.4. The van der Waals surface area contributed by atoms with Crippen LogP contribution >= 0.6 is 0 Å². The van der Waals surface area contributed by atoms with E-state index in [1.807, 2.05) is 0 Å². The average Bonchev–Trinajstić information content (AvgIpc) is 2.61. The maximum absolute atomic E-state index is 2.37. The normalized spacial score (nSPS) is 19.9. The summed E-state index contributed by atoms with van der Waals surface area (Å²) in [5, 5.41) is 0. The fourth-order valence-corrected chi connectivity index (χ4v) is 2.28. The number of para-hydroxylation sites is 1. The maximum Gasteiger partial charge on any atom is 0.103 e. The molecule has 0 saturated carbocycles. The molecule has 0 bridgehead atoms. The molecule has 0 fully saturated rings. The molecule has 2 heteroatoms. The molecule has 16 heavy (non-hydrogen) atoms. The van der Waals surface area contributed by atoms with Gasteiger partial charge in [-0.3, -0.25) is 0 Å². The van der Waals surface area contributed by atoms with E-state index >= 15 is 0 Å². The predicted molar refractivity (Wildman–Crippen MR) is 69.2 cm³/mol. The molecule has 1 aliphatic rings. The van der Waals surface area contributed by atoms with Gasteiger partial charge in [-0.15, -0.1) is 0 Å². The van der Waals surface area contributed by atoms with Crippen molar-refractivity contribution < 1.29 is 0 Å². The Balaban J connectivity index is 2.26. The van der Waals surface area contributed by atoms with Crippen LogP contribution in [0, 0.1) is 6.92 Å². The molecule has 1 atom stereocenters. The summed E-state index contributed by atoms with van der Waals surface area (Å²) in [5.74, 6) is 0. The maximum atomic E-state index is 2.37. The van der Waals surface area contributed by atoms with Crippen LogP contribution in [0.4, 0.5) is 5.69 Å². The second kappa shape index (κ2) is 4.20. The SMILES string of the molecule is Cc1ccccc1N1C=CN(C(C)C)[C@H]1C. The Morgan fingerprint density at radius 1 is 1.12 bits per heavy atom. The van der Waals surface area contributed by atoms with Gasteiger partial charge < -0.3 is 9.80 Å². The van der Waals surface area contributed by atoms with Crippen molar-refractivity contribution in [3.05, 3.63) is 42.2 Å². The van der Waals surface area contributed by atoms with Crippen LogP contribution in [-0.4, -0.2) is 17.1 Å². The van der Waals surface area contributed by atoms with Crippen LogP contribution in [0.25, 0.3) is 0 Å². The first-order valence-corrected chi connectivity index (χ1v) is 5.91. The molecule has 0 aromatic heterocycles. The standard InChI is InChI=1S/C14H20N2/c1-11(2)15-9-10-16(13(15)4)14-8-6-5-7-12(14)3/h5-11,13H,1-4H3/t13-/m1/s1. The quantitative estimate of drug-likeness (QED) is 0.748. The fraction of sp³-hybridized carbons (Fsp3) is 0.429. The van der Waals surface area contributed by atoms with Gasteiger partial charge in [0.05, 0.1) is 0 Å². The molecule has 86 valence electrons. The van der Waals surface area contributed by atoms with E-state index in [4.69, 9.17) is 0 Å². The lowest BCUT2D eigenvalue weighted by Crippen LogP contribution is -2.39. The van der Waals surface area contributed by atoms with Gasteiger partial charge in [-0.05, 0) is 39.3 Å². The molecule has 1 aromatic rings. The molecule has 1 aliphatic heterocycles. The van der Waals surface area contributed by atoms with Gasteiger partial charge in [0.2, 0.25) is 0 Å².